The average Bonchev–Trinajstić information content (AvgIpc) is 3.56. The molecule has 4 aromatic rings. The van der Waals surface area contributed by atoms with Crippen molar-refractivity contribution in [2.24, 2.45) is 14.1 Å². The van der Waals surface area contributed by atoms with E-state index in [0.29, 0.717) is 6.17 Å². The Hall–Kier alpha value is -3.34. The van der Waals surface area contributed by atoms with Gasteiger partial charge in [-0.05, 0) is 50.3 Å². The van der Waals surface area contributed by atoms with Crippen LogP contribution in [0.25, 0.3) is 0 Å². The molecule has 39 heavy (non-hydrogen) atoms. The molecule has 1 aromatic carbocycles. The van der Waals surface area contributed by atoms with Crippen molar-refractivity contribution in [1.29, 1.82) is 0 Å². The van der Waals surface area contributed by atoms with E-state index in [1.54, 1.807) is 29.3 Å². The lowest BCUT2D eigenvalue weighted by atomic mass is 9.98. The van der Waals surface area contributed by atoms with Crippen molar-refractivity contribution in [2.45, 2.75) is 89.8 Å². The van der Waals surface area contributed by atoms with Crippen LogP contribution < -0.4 is 10.2 Å². The Bertz CT molecular complexity index is 1100. The Morgan fingerprint density at radius 2 is 1.49 bits per heavy atom. The number of fused-ring (bicyclic) bond motifs is 1. The summed E-state index contributed by atoms with van der Waals surface area (Å²) < 4.78 is 3.58. The first-order chi connectivity index (χ1) is 16.4. The van der Waals surface area contributed by atoms with E-state index >= 15 is 0 Å². The number of hydrogen-bond acceptors (Lipinski definition) is 9. The Morgan fingerprint density at radius 3 is 1.79 bits per heavy atom. The van der Waals surface area contributed by atoms with E-state index in [4.69, 9.17) is 0 Å². The highest BCUT2D eigenvalue weighted by molar-refractivity contribution is 7.11. The van der Waals surface area contributed by atoms with E-state index in [2.05, 4.69) is 99.9 Å². The fourth-order valence-corrected chi connectivity index (χ4v) is 3.50. The van der Waals surface area contributed by atoms with Crippen molar-refractivity contribution in [1.82, 2.24) is 40.0 Å². The maximum atomic E-state index is 4.06. The molecule has 5 rings (SSSR count). The molecule has 222 valence electrons. The Morgan fingerprint density at radius 1 is 0.872 bits per heavy atom. The summed E-state index contributed by atoms with van der Waals surface area (Å²) in [6, 6.07) is 8.36. The first-order valence-corrected chi connectivity index (χ1v) is 12.2. The normalized spacial score (nSPS) is 12.5. The number of aromatic nitrogens is 8. The number of hydrogen-bond donors (Lipinski definition) is 1. The average molecular weight is 563 g/mol. The quantitative estimate of drug-likeness (QED) is 0.249. The van der Waals surface area contributed by atoms with Crippen LogP contribution in [0.3, 0.4) is 0 Å². The lowest BCUT2D eigenvalue weighted by molar-refractivity contribution is 0.578. The molecule has 0 radical (unpaired) electrons. The van der Waals surface area contributed by atoms with Crippen molar-refractivity contribution in [3.63, 3.8) is 0 Å². The van der Waals surface area contributed by atoms with Crippen molar-refractivity contribution in [2.75, 3.05) is 17.3 Å². The highest BCUT2D eigenvalue weighted by Crippen LogP contribution is 2.32. The van der Waals surface area contributed by atoms with E-state index in [0.717, 1.165) is 21.7 Å². The van der Waals surface area contributed by atoms with Gasteiger partial charge in [0.1, 0.15) is 21.7 Å². The topological polar surface area (TPSA) is 102 Å². The molecule has 0 spiro atoms. The third kappa shape index (κ3) is 12.4. The number of para-hydroxylation sites is 2. The molecule has 0 aliphatic carbocycles. The standard InChI is InChI=1S/C9H12N2.C7H12N2S.C5H8N2.C3H6N4.4CH4/c1-7-10-8-5-3-4-6-9(8)11(7)2;1-5-8-9-6(10-5)7(2,3)4;1-5-6-3-4-7(5)2;1-3-4-5-6-7(3)2;;;;/h3-7,10H,1-2H3;1-4H3;3-4H,1-2H3;1-2H3;4*1H4. The monoisotopic (exact) mass is 562 g/mol. The number of tetrazole rings is 1. The molecule has 1 unspecified atom stereocenters. The van der Waals surface area contributed by atoms with Crippen LogP contribution in [0.2, 0.25) is 0 Å². The fraction of sp³-hybridized carbons (Fsp3) is 0.571. The molecule has 1 aliphatic heterocycles. The molecule has 0 saturated heterocycles. The van der Waals surface area contributed by atoms with Crippen LogP contribution in [-0.2, 0) is 19.5 Å². The van der Waals surface area contributed by atoms with Crippen molar-refractivity contribution in [3.05, 3.63) is 58.3 Å². The first-order valence-electron chi connectivity index (χ1n) is 11.4. The molecule has 10 nitrogen and oxygen atoms in total. The lowest BCUT2D eigenvalue weighted by Crippen LogP contribution is -2.28. The zero-order valence-electron chi connectivity index (χ0n) is 22.5. The summed E-state index contributed by atoms with van der Waals surface area (Å²) in [4.78, 5) is 6.21. The third-order valence-electron chi connectivity index (χ3n) is 5.29. The Labute approximate surface area is 241 Å². The predicted molar refractivity (Wildman–Crippen MR) is 170 cm³/mol. The Kier molecular flexibility index (Phi) is 18.6. The highest BCUT2D eigenvalue weighted by Gasteiger charge is 2.20. The second-order valence-corrected chi connectivity index (χ2v) is 10.4. The van der Waals surface area contributed by atoms with Gasteiger partial charge in [0.25, 0.3) is 0 Å². The van der Waals surface area contributed by atoms with Gasteiger partial charge in [-0.15, -0.1) is 26.6 Å². The van der Waals surface area contributed by atoms with Crippen LogP contribution in [0, 0.1) is 20.8 Å². The van der Waals surface area contributed by atoms with Crippen LogP contribution in [0.4, 0.5) is 11.4 Å². The summed E-state index contributed by atoms with van der Waals surface area (Å²) >= 11 is 1.67. The molecule has 0 saturated carbocycles. The van der Waals surface area contributed by atoms with Gasteiger partial charge < -0.3 is 14.8 Å². The molecule has 0 amide bonds. The summed E-state index contributed by atoms with van der Waals surface area (Å²) in [6.45, 7) is 14.4. The number of benzene rings is 1. The first kappa shape index (κ1) is 40.2. The van der Waals surface area contributed by atoms with E-state index in [-0.39, 0.29) is 35.1 Å². The van der Waals surface area contributed by atoms with E-state index in [1.807, 2.05) is 38.6 Å². The van der Waals surface area contributed by atoms with Crippen LogP contribution in [0.15, 0.2) is 36.7 Å². The summed E-state index contributed by atoms with van der Waals surface area (Å²) in [6.07, 6.45) is 4.14. The summed E-state index contributed by atoms with van der Waals surface area (Å²) in [5.74, 6) is 1.89. The van der Waals surface area contributed by atoms with Crippen LogP contribution in [0.1, 0.15) is 79.1 Å². The maximum Gasteiger partial charge on any atom is 0.147 e. The summed E-state index contributed by atoms with van der Waals surface area (Å²) in [7, 11) is 5.88. The van der Waals surface area contributed by atoms with Gasteiger partial charge >= 0.3 is 0 Å². The molecular formula is C28H54N10S. The van der Waals surface area contributed by atoms with Gasteiger partial charge in [0.05, 0.1) is 17.5 Å². The third-order valence-corrected chi connectivity index (χ3v) is 6.56. The van der Waals surface area contributed by atoms with Gasteiger partial charge in [0, 0.05) is 39.0 Å². The van der Waals surface area contributed by atoms with Crippen LogP contribution >= 0.6 is 11.3 Å². The zero-order chi connectivity index (χ0) is 26.2. The van der Waals surface area contributed by atoms with Crippen LogP contribution in [-0.4, -0.2) is 53.2 Å². The number of nitrogens with zero attached hydrogens (tertiary/aromatic N) is 9. The number of rotatable bonds is 0. The molecule has 1 atom stereocenters. The van der Waals surface area contributed by atoms with Crippen LogP contribution in [0.5, 0.6) is 0 Å². The van der Waals surface area contributed by atoms with Crippen molar-refractivity contribution < 1.29 is 0 Å². The van der Waals surface area contributed by atoms with Gasteiger partial charge in [-0.1, -0.05) is 62.6 Å². The second-order valence-electron chi connectivity index (χ2n) is 9.26. The minimum Gasteiger partial charge on any atom is -0.364 e. The molecule has 11 heteroatoms. The minimum absolute atomic E-state index is 0. The number of anilines is 2. The molecule has 0 bridgehead atoms. The number of imidazole rings is 1. The SMILES string of the molecule is C.C.C.C.CC1Nc2ccccc2N1C.Cc1nccn1C.Cc1nnc(C(C)(C)C)s1.Cc1nnnn1C. The van der Waals surface area contributed by atoms with Gasteiger partial charge in [-0.3, -0.25) is 0 Å². The van der Waals surface area contributed by atoms with Gasteiger partial charge in [0.15, 0.2) is 0 Å². The van der Waals surface area contributed by atoms with Crippen molar-refractivity contribution in [3.8, 4) is 0 Å². The van der Waals surface area contributed by atoms with Gasteiger partial charge in [0.2, 0.25) is 0 Å². The fourth-order valence-electron chi connectivity index (χ4n) is 2.75. The molecular weight excluding hydrogens is 508 g/mol. The molecule has 4 heterocycles. The Balaban J connectivity index is -0.000000436. The summed E-state index contributed by atoms with van der Waals surface area (Å²) in [5, 5.41) is 24.1. The number of nitrogens with one attached hydrogen (secondary N) is 1. The van der Waals surface area contributed by atoms with Gasteiger partial charge in [-0.2, -0.15) is 0 Å². The lowest BCUT2D eigenvalue weighted by Gasteiger charge is -2.16. The van der Waals surface area contributed by atoms with E-state index in [1.165, 1.54) is 11.4 Å². The smallest absolute Gasteiger partial charge is 0.147 e. The van der Waals surface area contributed by atoms with E-state index < -0.39 is 0 Å². The summed E-state index contributed by atoms with van der Waals surface area (Å²) in [5.41, 5.74) is 2.69. The second kappa shape index (κ2) is 18.0. The van der Waals surface area contributed by atoms with Gasteiger partial charge in [-0.25, -0.2) is 9.67 Å². The maximum absolute atomic E-state index is 4.06. The van der Waals surface area contributed by atoms with E-state index in [9.17, 15) is 0 Å². The highest BCUT2D eigenvalue weighted by atomic mass is 32.1. The largest absolute Gasteiger partial charge is 0.364 e. The molecule has 1 aliphatic rings. The number of aryl methyl sites for hydroxylation is 5. The zero-order valence-corrected chi connectivity index (χ0v) is 23.3. The van der Waals surface area contributed by atoms with Crippen molar-refractivity contribution >= 4 is 22.7 Å². The molecule has 1 N–H and O–H groups in total. The minimum atomic E-state index is 0. The molecule has 0 fully saturated rings. The predicted octanol–water partition coefficient (Wildman–Crippen LogP) is 6.83. The molecule has 3 aromatic heterocycles.